The maximum Gasteiger partial charge on any atom is 0.192 e. The largest absolute Gasteiger partial charge is 0.411 e. The molecule has 0 spiro atoms. The topological polar surface area (TPSA) is 55.2 Å². The van der Waals surface area contributed by atoms with Gasteiger partial charge in [0.15, 0.2) is 14.1 Å². The normalized spacial score (nSPS) is 12.4. The second-order valence-electron chi connectivity index (χ2n) is 7.59. The highest BCUT2D eigenvalue weighted by molar-refractivity contribution is 6.74. The van der Waals surface area contributed by atoms with Crippen LogP contribution in [0, 0.1) is 0 Å². The maximum atomic E-state index is 8.99. The second kappa shape index (κ2) is 7.55. The molecule has 0 aliphatic rings. The number of aliphatic hydroxyl groups is 1. The highest BCUT2D eigenvalue weighted by Gasteiger charge is 2.37. The average Bonchev–Trinajstić information content (AvgIpc) is 2.53. The van der Waals surface area contributed by atoms with Gasteiger partial charge in [0.05, 0.1) is 12.3 Å². The van der Waals surface area contributed by atoms with Crippen LogP contribution in [0.3, 0.4) is 0 Å². The van der Waals surface area contributed by atoms with Crippen molar-refractivity contribution in [1.29, 1.82) is 0 Å². The Hall–Kier alpha value is -1.56. The van der Waals surface area contributed by atoms with Gasteiger partial charge in [0.2, 0.25) is 0 Å². The van der Waals surface area contributed by atoms with Gasteiger partial charge in [-0.1, -0.05) is 45.0 Å². The predicted molar refractivity (Wildman–Crippen MR) is 100 cm³/mol. The molecule has 2 rings (SSSR count). The Morgan fingerprint density at radius 3 is 2.33 bits per heavy atom. The van der Waals surface area contributed by atoms with Crippen molar-refractivity contribution >= 4 is 8.32 Å². The molecule has 0 fully saturated rings. The van der Waals surface area contributed by atoms with Gasteiger partial charge < -0.3 is 9.53 Å². The molecule has 0 amide bonds. The third kappa shape index (κ3) is 4.72. The molecule has 0 aliphatic carbocycles. The van der Waals surface area contributed by atoms with Crippen LogP contribution in [0.1, 0.15) is 32.0 Å². The first-order valence-electron chi connectivity index (χ1n) is 8.39. The Morgan fingerprint density at radius 2 is 1.75 bits per heavy atom. The molecule has 0 unspecified atom stereocenters. The number of aliphatic hydroxyl groups excluding tert-OH is 1. The Kier molecular flexibility index (Phi) is 5.90. The van der Waals surface area contributed by atoms with Gasteiger partial charge in [0.1, 0.15) is 0 Å². The van der Waals surface area contributed by atoms with Crippen LogP contribution >= 0.6 is 0 Å². The molecule has 1 aromatic carbocycles. The van der Waals surface area contributed by atoms with Crippen LogP contribution in [0.25, 0.3) is 11.4 Å². The molecular weight excluding hydrogens is 316 g/mol. The van der Waals surface area contributed by atoms with Crippen LogP contribution in [0.5, 0.6) is 0 Å². The summed E-state index contributed by atoms with van der Waals surface area (Å²) in [6.45, 7) is 11.9. The van der Waals surface area contributed by atoms with Crippen molar-refractivity contribution < 1.29 is 9.53 Å². The number of aromatic nitrogens is 2. The van der Waals surface area contributed by atoms with Crippen molar-refractivity contribution in [1.82, 2.24) is 9.97 Å². The van der Waals surface area contributed by atoms with Crippen molar-refractivity contribution in [2.24, 2.45) is 0 Å². The minimum atomic E-state index is -1.79. The molecule has 0 radical (unpaired) electrons. The van der Waals surface area contributed by atoms with E-state index in [2.05, 4.69) is 43.8 Å². The van der Waals surface area contributed by atoms with Gasteiger partial charge in [0, 0.05) is 18.4 Å². The summed E-state index contributed by atoms with van der Waals surface area (Å²) >= 11 is 0. The molecule has 0 atom stereocenters. The van der Waals surface area contributed by atoms with E-state index in [4.69, 9.17) is 9.53 Å². The van der Waals surface area contributed by atoms with Crippen molar-refractivity contribution in [2.75, 3.05) is 6.61 Å². The van der Waals surface area contributed by atoms with Gasteiger partial charge in [-0.2, -0.15) is 0 Å². The van der Waals surface area contributed by atoms with Crippen LogP contribution in [0.15, 0.2) is 36.5 Å². The van der Waals surface area contributed by atoms with Gasteiger partial charge in [-0.15, -0.1) is 0 Å². The van der Waals surface area contributed by atoms with Crippen LogP contribution in [-0.4, -0.2) is 30.0 Å². The Bertz CT molecular complexity index is 664. The molecule has 1 heterocycles. The van der Waals surface area contributed by atoms with Crippen LogP contribution in [0.4, 0.5) is 0 Å². The number of nitrogens with zero attached hydrogens (tertiary/aromatic N) is 2. The van der Waals surface area contributed by atoms with Crippen molar-refractivity contribution in [3.63, 3.8) is 0 Å². The molecule has 5 heteroatoms. The van der Waals surface area contributed by atoms with Crippen molar-refractivity contribution in [3.05, 3.63) is 47.8 Å². The van der Waals surface area contributed by atoms with Gasteiger partial charge in [-0.05, 0) is 36.2 Å². The average molecular weight is 345 g/mol. The van der Waals surface area contributed by atoms with Crippen LogP contribution < -0.4 is 0 Å². The van der Waals surface area contributed by atoms with E-state index in [9.17, 15) is 0 Å². The summed E-state index contributed by atoms with van der Waals surface area (Å²) in [6, 6.07) is 9.93. The molecule has 2 aromatic rings. The lowest BCUT2D eigenvalue weighted by Gasteiger charge is -2.36. The van der Waals surface area contributed by atoms with E-state index >= 15 is 0 Å². The molecule has 1 N–H and O–H groups in total. The number of hydrogen-bond acceptors (Lipinski definition) is 4. The third-order valence-corrected chi connectivity index (χ3v) is 9.19. The molecular formula is C19H28N2O2Si. The lowest BCUT2D eigenvalue weighted by Crippen LogP contribution is -2.40. The van der Waals surface area contributed by atoms with E-state index in [1.54, 1.807) is 6.20 Å². The van der Waals surface area contributed by atoms with E-state index in [0.29, 0.717) is 18.9 Å². The van der Waals surface area contributed by atoms with Gasteiger partial charge in [0.25, 0.3) is 0 Å². The minimum Gasteiger partial charge on any atom is -0.411 e. The summed E-state index contributed by atoms with van der Waals surface area (Å²) in [6.07, 6.45) is 2.45. The fourth-order valence-electron chi connectivity index (χ4n) is 2.04. The molecule has 24 heavy (non-hydrogen) atoms. The molecule has 1 aromatic heterocycles. The minimum absolute atomic E-state index is 0.163. The van der Waals surface area contributed by atoms with Crippen molar-refractivity contribution in [3.8, 4) is 11.4 Å². The standard InChI is InChI=1S/C19H28N2O2Si/c1-19(2,3)24(4,5)23-14-17-10-12-20-18(21-17)16-8-6-15(7-9-16)11-13-22/h6-10,12,22H,11,13-14H2,1-5H3. The SMILES string of the molecule is CC(C)(C)[Si](C)(C)OCc1ccnc(-c2ccc(CCO)cc2)n1. The number of rotatable bonds is 6. The van der Waals surface area contributed by atoms with Crippen molar-refractivity contribution in [2.45, 2.75) is 51.9 Å². The lowest BCUT2D eigenvalue weighted by molar-refractivity contribution is 0.272. The monoisotopic (exact) mass is 344 g/mol. The third-order valence-electron chi connectivity index (χ3n) is 4.71. The first-order chi connectivity index (χ1) is 11.2. The zero-order valence-corrected chi connectivity index (χ0v) is 16.3. The quantitative estimate of drug-likeness (QED) is 0.798. The fraction of sp³-hybridized carbons (Fsp3) is 0.474. The predicted octanol–water partition coefficient (Wildman–Crippen LogP) is 4.20. The lowest BCUT2D eigenvalue weighted by atomic mass is 10.1. The fourth-order valence-corrected chi connectivity index (χ4v) is 2.98. The first-order valence-corrected chi connectivity index (χ1v) is 11.3. The Morgan fingerprint density at radius 1 is 1.08 bits per heavy atom. The summed E-state index contributed by atoms with van der Waals surface area (Å²) in [5, 5.41) is 9.17. The van der Waals surface area contributed by atoms with E-state index in [0.717, 1.165) is 16.8 Å². The second-order valence-corrected chi connectivity index (χ2v) is 12.4. The molecule has 0 bridgehead atoms. The zero-order valence-electron chi connectivity index (χ0n) is 15.3. The smallest absolute Gasteiger partial charge is 0.192 e. The summed E-state index contributed by atoms with van der Waals surface area (Å²) in [5.74, 6) is 0.710. The van der Waals surface area contributed by atoms with E-state index < -0.39 is 8.32 Å². The summed E-state index contributed by atoms with van der Waals surface area (Å²) < 4.78 is 6.24. The Labute approximate surface area is 146 Å². The van der Waals surface area contributed by atoms with Gasteiger partial charge in [-0.25, -0.2) is 9.97 Å². The highest BCUT2D eigenvalue weighted by atomic mass is 28.4. The molecule has 0 saturated carbocycles. The molecule has 0 aliphatic heterocycles. The zero-order chi connectivity index (χ0) is 17.8. The van der Waals surface area contributed by atoms with Gasteiger partial charge in [-0.3, -0.25) is 0 Å². The summed E-state index contributed by atoms with van der Waals surface area (Å²) in [7, 11) is -1.79. The highest BCUT2D eigenvalue weighted by Crippen LogP contribution is 2.37. The van der Waals surface area contributed by atoms with Crippen LogP contribution in [0.2, 0.25) is 18.1 Å². The summed E-state index contributed by atoms with van der Waals surface area (Å²) in [5.41, 5.74) is 2.99. The molecule has 0 saturated heterocycles. The Balaban J connectivity index is 2.11. The van der Waals surface area contributed by atoms with Crippen LogP contribution in [-0.2, 0) is 17.5 Å². The van der Waals surface area contributed by atoms with E-state index in [-0.39, 0.29) is 11.6 Å². The summed E-state index contributed by atoms with van der Waals surface area (Å²) in [4.78, 5) is 9.01. The van der Waals surface area contributed by atoms with E-state index in [1.807, 2.05) is 30.3 Å². The van der Waals surface area contributed by atoms with Gasteiger partial charge >= 0.3 is 0 Å². The number of hydrogen-bond donors (Lipinski definition) is 1. The molecule has 130 valence electrons. The first kappa shape index (κ1) is 18.8. The maximum absolute atomic E-state index is 8.99. The van der Waals surface area contributed by atoms with E-state index in [1.165, 1.54) is 0 Å². The number of benzene rings is 1. The molecule has 4 nitrogen and oxygen atoms in total.